The van der Waals surface area contributed by atoms with Crippen LogP contribution in [-0.4, -0.2) is 55.2 Å². The first kappa shape index (κ1) is 20.7. The molecule has 1 aromatic heterocycles. The van der Waals surface area contributed by atoms with Crippen LogP contribution in [0.2, 0.25) is 0 Å². The van der Waals surface area contributed by atoms with E-state index >= 15 is 0 Å². The largest absolute Gasteiger partial charge is 0.352 e. The van der Waals surface area contributed by atoms with Gasteiger partial charge in [-0.2, -0.15) is 0 Å². The number of aromatic nitrogens is 1. The van der Waals surface area contributed by atoms with E-state index in [4.69, 9.17) is 0 Å². The van der Waals surface area contributed by atoms with Gasteiger partial charge in [-0.25, -0.2) is 18.2 Å². The first-order valence-electron chi connectivity index (χ1n) is 10.2. The SMILES string of the molecule is CN1CCCC(C(=O)Nc2c(-c3cc(F)ccc3F)ccnc2N2CCC(F)C2)C1. The molecule has 1 aromatic carbocycles. The standard InChI is InChI=1S/C22H25F3N4O/c1-28-9-2-3-14(12-28)22(30)27-20-17(18-11-15(23)4-5-19(18)25)6-8-26-21(20)29-10-7-16(24)13-29/h4-6,8,11,14,16H,2-3,7,9-10,12-13H2,1H3,(H,27,30). The second-order valence-corrected chi connectivity index (χ2v) is 8.10. The Morgan fingerprint density at radius 3 is 2.70 bits per heavy atom. The number of hydrogen-bond acceptors (Lipinski definition) is 4. The Balaban J connectivity index is 1.75. The number of hydrogen-bond donors (Lipinski definition) is 1. The van der Waals surface area contributed by atoms with Crippen molar-refractivity contribution in [3.05, 3.63) is 42.1 Å². The van der Waals surface area contributed by atoms with Crippen molar-refractivity contribution in [3.63, 3.8) is 0 Å². The van der Waals surface area contributed by atoms with Crippen LogP contribution in [0.4, 0.5) is 24.7 Å². The van der Waals surface area contributed by atoms with Crippen LogP contribution in [0, 0.1) is 17.6 Å². The molecule has 1 N–H and O–H groups in total. The van der Waals surface area contributed by atoms with E-state index in [0.29, 0.717) is 36.6 Å². The molecule has 2 fully saturated rings. The number of carbonyl (C=O) groups excluding carboxylic acids is 1. The number of anilines is 2. The molecule has 4 rings (SSSR count). The molecule has 30 heavy (non-hydrogen) atoms. The van der Waals surface area contributed by atoms with Crippen LogP contribution in [0.1, 0.15) is 19.3 Å². The van der Waals surface area contributed by atoms with Gasteiger partial charge in [-0.3, -0.25) is 4.79 Å². The van der Waals surface area contributed by atoms with Gasteiger partial charge in [0.2, 0.25) is 5.91 Å². The van der Waals surface area contributed by atoms with Crippen LogP contribution < -0.4 is 10.2 Å². The van der Waals surface area contributed by atoms with Gasteiger partial charge in [0, 0.05) is 30.4 Å². The summed E-state index contributed by atoms with van der Waals surface area (Å²) in [7, 11) is 1.97. The Morgan fingerprint density at radius 2 is 1.97 bits per heavy atom. The van der Waals surface area contributed by atoms with E-state index in [1.165, 1.54) is 6.20 Å². The molecule has 0 bridgehead atoms. The van der Waals surface area contributed by atoms with E-state index < -0.39 is 17.8 Å². The third kappa shape index (κ3) is 4.28. The highest BCUT2D eigenvalue weighted by Crippen LogP contribution is 2.38. The predicted octanol–water partition coefficient (Wildman–Crippen LogP) is 3.86. The van der Waals surface area contributed by atoms with E-state index in [9.17, 15) is 18.0 Å². The first-order valence-corrected chi connectivity index (χ1v) is 10.2. The van der Waals surface area contributed by atoms with Crippen LogP contribution >= 0.6 is 0 Å². The molecule has 8 heteroatoms. The molecule has 1 amide bonds. The molecule has 0 aliphatic carbocycles. The summed E-state index contributed by atoms with van der Waals surface area (Å²) in [5.74, 6) is -1.21. The van der Waals surface area contributed by atoms with Crippen molar-refractivity contribution < 1.29 is 18.0 Å². The lowest BCUT2D eigenvalue weighted by Crippen LogP contribution is -2.38. The lowest BCUT2D eigenvalue weighted by Gasteiger charge is -2.30. The van der Waals surface area contributed by atoms with Crippen molar-refractivity contribution in [1.29, 1.82) is 0 Å². The predicted molar refractivity (Wildman–Crippen MR) is 110 cm³/mol. The monoisotopic (exact) mass is 418 g/mol. The van der Waals surface area contributed by atoms with Gasteiger partial charge in [0.05, 0.1) is 18.2 Å². The van der Waals surface area contributed by atoms with Crippen molar-refractivity contribution in [2.75, 3.05) is 43.4 Å². The topological polar surface area (TPSA) is 48.5 Å². The van der Waals surface area contributed by atoms with Gasteiger partial charge in [0.1, 0.15) is 17.8 Å². The summed E-state index contributed by atoms with van der Waals surface area (Å²) in [5, 5.41) is 2.92. The Kier molecular flexibility index (Phi) is 5.94. The van der Waals surface area contributed by atoms with Crippen molar-refractivity contribution in [2.45, 2.75) is 25.4 Å². The van der Waals surface area contributed by atoms with Crippen molar-refractivity contribution in [3.8, 4) is 11.1 Å². The fourth-order valence-corrected chi connectivity index (χ4v) is 4.26. The third-order valence-corrected chi connectivity index (χ3v) is 5.82. The lowest BCUT2D eigenvalue weighted by molar-refractivity contribution is -0.121. The number of halogens is 3. The average Bonchev–Trinajstić information content (AvgIpc) is 3.16. The van der Waals surface area contributed by atoms with E-state index in [2.05, 4.69) is 15.2 Å². The zero-order valence-corrected chi connectivity index (χ0v) is 16.9. The fourth-order valence-electron chi connectivity index (χ4n) is 4.26. The van der Waals surface area contributed by atoms with E-state index in [0.717, 1.165) is 37.6 Å². The third-order valence-electron chi connectivity index (χ3n) is 5.82. The molecule has 2 unspecified atom stereocenters. The molecule has 3 heterocycles. The highest BCUT2D eigenvalue weighted by Gasteiger charge is 2.30. The first-order chi connectivity index (χ1) is 14.4. The number of alkyl halides is 1. The number of likely N-dealkylation sites (tertiary alicyclic amines) is 1. The summed E-state index contributed by atoms with van der Waals surface area (Å²) in [6, 6.07) is 4.75. The van der Waals surface area contributed by atoms with E-state index in [-0.39, 0.29) is 23.9 Å². The van der Waals surface area contributed by atoms with Crippen LogP contribution in [-0.2, 0) is 4.79 Å². The summed E-state index contributed by atoms with van der Waals surface area (Å²) in [5.41, 5.74) is 0.664. The van der Waals surface area contributed by atoms with Gasteiger partial charge in [0.25, 0.3) is 0 Å². The zero-order chi connectivity index (χ0) is 21.3. The molecule has 2 aromatic rings. The molecular formula is C22H25F3N4O. The van der Waals surface area contributed by atoms with E-state index in [1.807, 2.05) is 7.05 Å². The number of nitrogens with zero attached hydrogens (tertiary/aromatic N) is 3. The Bertz CT molecular complexity index is 939. The summed E-state index contributed by atoms with van der Waals surface area (Å²) in [6.45, 7) is 2.16. The molecule has 5 nitrogen and oxygen atoms in total. The number of nitrogens with one attached hydrogen (secondary N) is 1. The molecule has 2 aliphatic rings. The summed E-state index contributed by atoms with van der Waals surface area (Å²) >= 11 is 0. The molecule has 2 aliphatic heterocycles. The highest BCUT2D eigenvalue weighted by atomic mass is 19.1. The molecule has 2 saturated heterocycles. The normalized spacial score (nSPS) is 22.3. The highest BCUT2D eigenvalue weighted by molar-refractivity contribution is 6.00. The van der Waals surface area contributed by atoms with E-state index in [1.54, 1.807) is 11.0 Å². The number of pyridine rings is 1. The Hall–Kier alpha value is -2.61. The van der Waals surface area contributed by atoms with Gasteiger partial charge in [0.15, 0.2) is 5.82 Å². The average molecular weight is 418 g/mol. The Labute approximate surface area is 173 Å². The van der Waals surface area contributed by atoms with Crippen LogP contribution in [0.15, 0.2) is 30.5 Å². The van der Waals surface area contributed by atoms with Crippen LogP contribution in [0.3, 0.4) is 0 Å². The molecule has 2 atom stereocenters. The maximum Gasteiger partial charge on any atom is 0.228 e. The molecule has 0 spiro atoms. The maximum atomic E-state index is 14.6. The minimum Gasteiger partial charge on any atom is -0.352 e. The van der Waals surface area contributed by atoms with Crippen molar-refractivity contribution >= 4 is 17.4 Å². The lowest BCUT2D eigenvalue weighted by atomic mass is 9.97. The molecule has 0 radical (unpaired) electrons. The van der Waals surface area contributed by atoms with Gasteiger partial charge in [-0.05, 0) is 57.1 Å². The van der Waals surface area contributed by atoms with Gasteiger partial charge >= 0.3 is 0 Å². The second kappa shape index (κ2) is 8.63. The number of carbonyl (C=O) groups is 1. The quantitative estimate of drug-likeness (QED) is 0.819. The summed E-state index contributed by atoms with van der Waals surface area (Å²) in [6.07, 6.45) is 2.52. The number of benzene rings is 1. The van der Waals surface area contributed by atoms with Gasteiger partial charge in [-0.1, -0.05) is 0 Å². The minimum absolute atomic E-state index is 0.0331. The molecule has 160 valence electrons. The van der Waals surface area contributed by atoms with Crippen molar-refractivity contribution in [1.82, 2.24) is 9.88 Å². The molecular weight excluding hydrogens is 393 g/mol. The van der Waals surface area contributed by atoms with Crippen molar-refractivity contribution in [2.24, 2.45) is 5.92 Å². The van der Waals surface area contributed by atoms with Gasteiger partial charge in [-0.15, -0.1) is 0 Å². The summed E-state index contributed by atoms with van der Waals surface area (Å²) in [4.78, 5) is 21.3. The number of rotatable bonds is 4. The minimum atomic E-state index is -0.989. The molecule has 0 saturated carbocycles. The smallest absolute Gasteiger partial charge is 0.228 e. The summed E-state index contributed by atoms with van der Waals surface area (Å²) < 4.78 is 42.3. The zero-order valence-electron chi connectivity index (χ0n) is 16.9. The maximum absolute atomic E-state index is 14.6. The van der Waals surface area contributed by atoms with Gasteiger partial charge < -0.3 is 15.1 Å². The number of piperidine rings is 1. The van der Waals surface area contributed by atoms with Crippen LogP contribution in [0.25, 0.3) is 11.1 Å². The van der Waals surface area contributed by atoms with Crippen LogP contribution in [0.5, 0.6) is 0 Å². The fraction of sp³-hybridized carbons (Fsp3) is 0.455. The number of amides is 1. The Morgan fingerprint density at radius 1 is 1.13 bits per heavy atom. The second-order valence-electron chi connectivity index (χ2n) is 8.10.